The summed E-state index contributed by atoms with van der Waals surface area (Å²) >= 11 is 0. The molecule has 2 aromatic heterocycles. The average Bonchev–Trinajstić information content (AvgIpc) is 4.02. The predicted molar refractivity (Wildman–Crippen MR) is 329 cm³/mol. The van der Waals surface area contributed by atoms with Gasteiger partial charge in [-0.25, -0.2) is 0 Å². The molecule has 0 aliphatic rings. The molecular weight excluding hydrogens is 988 g/mol. The zero-order valence-corrected chi connectivity index (χ0v) is 47.5. The molecule has 12 rings (SSSR count). The number of aryl methyl sites for hydroxylation is 11. The van der Waals surface area contributed by atoms with E-state index in [0.717, 1.165) is 111 Å². The molecule has 394 valence electrons. The second kappa shape index (κ2) is 19.2. The van der Waals surface area contributed by atoms with Crippen LogP contribution >= 0.6 is 0 Å². The van der Waals surface area contributed by atoms with E-state index in [2.05, 4.69) is 220 Å². The van der Waals surface area contributed by atoms with Crippen LogP contribution in [-0.2, 0) is 6.18 Å². The highest BCUT2D eigenvalue weighted by atomic mass is 19.4. The maximum Gasteiger partial charge on any atom is 0.417 e. The summed E-state index contributed by atoms with van der Waals surface area (Å²) in [6, 6.07) is 55.7. The van der Waals surface area contributed by atoms with Crippen molar-refractivity contribution in [3.05, 3.63) is 236 Å². The van der Waals surface area contributed by atoms with Crippen LogP contribution in [0.4, 0.5) is 13.2 Å². The molecule has 0 aliphatic heterocycles. The van der Waals surface area contributed by atoms with E-state index in [1.807, 2.05) is 12.1 Å². The second-order valence-electron chi connectivity index (χ2n) is 22.7. The fraction of sp³-hybridized carbons (Fsp3) is 0.176. The first-order valence-electron chi connectivity index (χ1n) is 27.4. The van der Waals surface area contributed by atoms with E-state index in [1.54, 1.807) is 12.1 Å². The van der Waals surface area contributed by atoms with Gasteiger partial charge >= 0.3 is 6.18 Å². The van der Waals surface area contributed by atoms with E-state index >= 15 is 13.2 Å². The molecule has 0 spiro atoms. The zero-order valence-electron chi connectivity index (χ0n) is 47.5. The van der Waals surface area contributed by atoms with Gasteiger partial charge in [-0.1, -0.05) is 113 Å². The van der Waals surface area contributed by atoms with Crippen LogP contribution in [0.5, 0.6) is 0 Å². The van der Waals surface area contributed by atoms with Gasteiger partial charge in [0.05, 0.1) is 44.6 Å². The van der Waals surface area contributed by atoms with Gasteiger partial charge in [-0.2, -0.15) is 18.4 Å². The van der Waals surface area contributed by atoms with Crippen molar-refractivity contribution in [3.8, 4) is 73.1 Å². The van der Waals surface area contributed by atoms with E-state index < -0.39 is 11.7 Å². The van der Waals surface area contributed by atoms with Crippen LogP contribution in [0.25, 0.3) is 111 Å². The maximum atomic E-state index is 15.7. The lowest BCUT2D eigenvalue weighted by atomic mass is 9.91. The number of benzene rings is 10. The first-order valence-corrected chi connectivity index (χ1v) is 27.4. The van der Waals surface area contributed by atoms with Crippen LogP contribution in [0.3, 0.4) is 0 Å². The fourth-order valence-corrected chi connectivity index (χ4v) is 13.7. The van der Waals surface area contributed by atoms with Gasteiger partial charge in [0.2, 0.25) is 0 Å². The number of rotatable bonds is 7. The molecule has 80 heavy (non-hydrogen) atoms. The van der Waals surface area contributed by atoms with Crippen LogP contribution in [0.15, 0.2) is 158 Å². The average molecular weight is 1050 g/mol. The standard InChI is InChI=1S/C74H62F3N3/c1-40-26-45(6)71(46(7)27-40)53-18-22-65-61(35-53)62-36-54(72-47(8)28-41(2)29-48(72)9)19-23-66(62)79(65)69-38-63(57-15-13-14-16-64(57)74(75,76)77)70(37-56(69)39-78)80-67-21-17-52(58-32-43(4)25-44(5)51(58)12)33-59(67)60-34-55(20-24-68(60)80)73-49(10)30-42(3)31-50(73)11/h13-38H,1-12H3. The molecule has 10 aromatic carbocycles. The summed E-state index contributed by atoms with van der Waals surface area (Å²) in [5.74, 6) is 0. The van der Waals surface area contributed by atoms with Crippen molar-refractivity contribution in [3.63, 3.8) is 0 Å². The largest absolute Gasteiger partial charge is 0.417 e. The highest BCUT2D eigenvalue weighted by molar-refractivity contribution is 6.14. The van der Waals surface area contributed by atoms with Gasteiger partial charge in [0.15, 0.2) is 0 Å². The number of nitriles is 1. The summed E-state index contributed by atoms with van der Waals surface area (Å²) in [5, 5.41) is 15.5. The van der Waals surface area contributed by atoms with E-state index in [9.17, 15) is 5.26 Å². The minimum absolute atomic E-state index is 0.0155. The Morgan fingerprint density at radius 3 is 1.12 bits per heavy atom. The highest BCUT2D eigenvalue weighted by Crippen LogP contribution is 2.47. The van der Waals surface area contributed by atoms with Crippen molar-refractivity contribution < 1.29 is 13.2 Å². The molecule has 0 radical (unpaired) electrons. The van der Waals surface area contributed by atoms with Gasteiger partial charge in [0, 0.05) is 27.1 Å². The molecule has 0 fully saturated rings. The minimum atomic E-state index is -4.70. The third-order valence-corrected chi connectivity index (χ3v) is 16.8. The molecule has 12 aromatic rings. The Bertz CT molecular complexity index is 4480. The van der Waals surface area contributed by atoms with E-state index in [-0.39, 0.29) is 5.56 Å². The van der Waals surface area contributed by atoms with Gasteiger partial charge in [-0.3, -0.25) is 0 Å². The van der Waals surface area contributed by atoms with Gasteiger partial charge in [0.1, 0.15) is 6.07 Å². The van der Waals surface area contributed by atoms with Crippen LogP contribution in [0, 0.1) is 94.4 Å². The minimum Gasteiger partial charge on any atom is -0.309 e. The molecule has 0 saturated carbocycles. The molecule has 6 heteroatoms. The van der Waals surface area contributed by atoms with Crippen molar-refractivity contribution in [1.29, 1.82) is 5.26 Å². The van der Waals surface area contributed by atoms with Crippen molar-refractivity contribution in [2.24, 2.45) is 0 Å². The summed E-state index contributed by atoms with van der Waals surface area (Å²) < 4.78 is 51.2. The van der Waals surface area contributed by atoms with Gasteiger partial charge in [-0.15, -0.1) is 0 Å². The Morgan fingerprint density at radius 2 is 0.713 bits per heavy atom. The Balaban J connectivity index is 1.19. The smallest absolute Gasteiger partial charge is 0.309 e. The van der Waals surface area contributed by atoms with Gasteiger partial charge in [0.25, 0.3) is 0 Å². The van der Waals surface area contributed by atoms with Crippen molar-refractivity contribution >= 4 is 43.6 Å². The Morgan fingerprint density at radius 1 is 0.350 bits per heavy atom. The quantitative estimate of drug-likeness (QED) is 0.157. The van der Waals surface area contributed by atoms with E-state index in [4.69, 9.17) is 0 Å². The number of aromatic nitrogens is 2. The number of hydrogen-bond donors (Lipinski definition) is 0. The zero-order chi connectivity index (χ0) is 56.4. The summed E-state index contributed by atoms with van der Waals surface area (Å²) in [6.07, 6.45) is -4.70. The fourth-order valence-electron chi connectivity index (χ4n) is 13.7. The summed E-state index contributed by atoms with van der Waals surface area (Å²) in [6.45, 7) is 25.6. The summed E-state index contributed by atoms with van der Waals surface area (Å²) in [4.78, 5) is 0. The van der Waals surface area contributed by atoms with Crippen LogP contribution in [0.1, 0.15) is 77.9 Å². The van der Waals surface area contributed by atoms with Crippen LogP contribution in [-0.4, -0.2) is 9.13 Å². The number of halogens is 3. The van der Waals surface area contributed by atoms with Crippen molar-refractivity contribution in [2.45, 2.75) is 89.3 Å². The Kier molecular flexibility index (Phi) is 12.4. The third kappa shape index (κ3) is 8.50. The van der Waals surface area contributed by atoms with Gasteiger partial charge < -0.3 is 9.13 Å². The lowest BCUT2D eigenvalue weighted by molar-refractivity contribution is -0.137. The molecule has 0 amide bonds. The first-order chi connectivity index (χ1) is 38.2. The second-order valence-corrected chi connectivity index (χ2v) is 22.7. The first kappa shape index (κ1) is 51.8. The monoisotopic (exact) mass is 1050 g/mol. The molecule has 2 heterocycles. The number of nitrogens with zero attached hydrogens (tertiary/aromatic N) is 3. The third-order valence-electron chi connectivity index (χ3n) is 16.8. The molecule has 0 N–H and O–H groups in total. The number of fused-ring (bicyclic) bond motifs is 6. The maximum absolute atomic E-state index is 15.7. The van der Waals surface area contributed by atoms with E-state index in [1.165, 1.54) is 56.1 Å². The predicted octanol–water partition coefficient (Wildman–Crippen LogP) is 20.8. The normalized spacial score (nSPS) is 11.9. The van der Waals surface area contributed by atoms with Crippen LogP contribution < -0.4 is 0 Å². The topological polar surface area (TPSA) is 33.6 Å². The highest BCUT2D eigenvalue weighted by Gasteiger charge is 2.35. The lowest BCUT2D eigenvalue weighted by Gasteiger charge is -2.21. The van der Waals surface area contributed by atoms with Crippen molar-refractivity contribution in [2.75, 3.05) is 0 Å². The SMILES string of the molecule is Cc1cc(C)c(-c2ccc3c(c2)c2cc(-c4c(C)cc(C)cc4C)ccc2n3-c2cc(-c3ccccc3C(F)(F)F)c(-n3c4ccc(-c5cc(C)cc(C)c5C)cc4c4cc(-c5c(C)cc(C)cc5C)ccc43)cc2C#N)c(C)c1. The number of hydrogen-bond acceptors (Lipinski definition) is 1. The molecule has 0 atom stereocenters. The van der Waals surface area contributed by atoms with Gasteiger partial charge in [-0.05, 0) is 244 Å². The molecular formula is C74H62F3N3. The van der Waals surface area contributed by atoms with Crippen LogP contribution in [0.2, 0.25) is 0 Å². The number of alkyl halides is 3. The summed E-state index contributed by atoms with van der Waals surface area (Å²) in [5.41, 5.74) is 27.1. The molecule has 3 nitrogen and oxygen atoms in total. The molecule has 0 saturated heterocycles. The lowest BCUT2D eigenvalue weighted by Crippen LogP contribution is -2.09. The van der Waals surface area contributed by atoms with E-state index in [0.29, 0.717) is 22.5 Å². The Labute approximate surface area is 466 Å². The summed E-state index contributed by atoms with van der Waals surface area (Å²) in [7, 11) is 0. The molecule has 0 aliphatic carbocycles. The molecule has 0 bridgehead atoms. The molecule has 0 unspecified atom stereocenters. The Hall–Kier alpha value is -8.92. The van der Waals surface area contributed by atoms with Crippen molar-refractivity contribution in [1.82, 2.24) is 9.13 Å².